The summed E-state index contributed by atoms with van der Waals surface area (Å²) in [6.45, 7) is 0.599. The minimum Gasteiger partial charge on any atom is -0.497 e. The van der Waals surface area contributed by atoms with Gasteiger partial charge in [0.05, 0.1) is 19.8 Å². The van der Waals surface area contributed by atoms with Crippen molar-refractivity contribution in [3.05, 3.63) is 83.9 Å². The van der Waals surface area contributed by atoms with E-state index in [0.29, 0.717) is 6.61 Å². The monoisotopic (exact) mass is 350 g/mol. The molecule has 0 aliphatic rings. The molecule has 26 heavy (non-hydrogen) atoms. The van der Waals surface area contributed by atoms with Crippen molar-refractivity contribution in [1.29, 1.82) is 0 Å². The van der Waals surface area contributed by atoms with Crippen LogP contribution in [0.2, 0.25) is 0 Å². The van der Waals surface area contributed by atoms with E-state index in [-0.39, 0.29) is 6.10 Å². The van der Waals surface area contributed by atoms with Gasteiger partial charge in [0.25, 0.3) is 0 Å². The van der Waals surface area contributed by atoms with E-state index in [1.165, 1.54) is 5.56 Å². The molecule has 1 N–H and O–H groups in total. The lowest BCUT2D eigenvalue weighted by Gasteiger charge is -2.18. The number of aryl methyl sites for hydroxylation is 1. The van der Waals surface area contributed by atoms with Crippen molar-refractivity contribution in [2.45, 2.75) is 38.4 Å². The number of imidazole rings is 1. The summed E-state index contributed by atoms with van der Waals surface area (Å²) in [5.41, 5.74) is 2.39. The van der Waals surface area contributed by atoms with Crippen LogP contribution in [-0.4, -0.2) is 17.1 Å². The van der Waals surface area contributed by atoms with Crippen LogP contribution in [0.5, 0.6) is 5.75 Å². The van der Waals surface area contributed by atoms with Crippen LogP contribution in [0.1, 0.15) is 42.3 Å². The van der Waals surface area contributed by atoms with Gasteiger partial charge in [0.2, 0.25) is 0 Å². The molecule has 1 atom stereocenters. The number of nitrogens with one attached hydrogen (secondary N) is 1. The van der Waals surface area contributed by atoms with Crippen molar-refractivity contribution in [2.24, 2.45) is 0 Å². The van der Waals surface area contributed by atoms with Crippen LogP contribution in [0.4, 0.5) is 0 Å². The maximum atomic E-state index is 6.26. The number of hydrogen-bond donors (Lipinski definition) is 1. The van der Waals surface area contributed by atoms with Crippen LogP contribution in [0.15, 0.2) is 67.0 Å². The van der Waals surface area contributed by atoms with E-state index < -0.39 is 0 Å². The molecule has 1 aromatic heterocycles. The van der Waals surface area contributed by atoms with E-state index in [4.69, 9.17) is 9.47 Å². The molecule has 0 saturated carbocycles. The zero-order valence-electron chi connectivity index (χ0n) is 15.2. The van der Waals surface area contributed by atoms with Gasteiger partial charge in [-0.1, -0.05) is 48.9 Å². The van der Waals surface area contributed by atoms with Crippen LogP contribution >= 0.6 is 0 Å². The Labute approximate surface area is 155 Å². The second kappa shape index (κ2) is 9.78. The van der Waals surface area contributed by atoms with E-state index in [1.807, 2.05) is 24.4 Å². The van der Waals surface area contributed by atoms with Crippen molar-refractivity contribution < 1.29 is 9.47 Å². The van der Waals surface area contributed by atoms with Crippen LogP contribution in [-0.2, 0) is 17.8 Å². The molecule has 4 nitrogen and oxygen atoms in total. The minimum atomic E-state index is 0.106. The first-order chi connectivity index (χ1) is 12.8. The summed E-state index contributed by atoms with van der Waals surface area (Å²) in [4.78, 5) is 7.44. The lowest BCUT2D eigenvalue weighted by atomic mass is 10.0. The first-order valence-electron chi connectivity index (χ1n) is 9.13. The fourth-order valence-electron chi connectivity index (χ4n) is 2.99. The molecule has 0 saturated heterocycles. The van der Waals surface area contributed by atoms with Gasteiger partial charge >= 0.3 is 0 Å². The molecule has 3 rings (SSSR count). The molecular weight excluding hydrogens is 324 g/mol. The van der Waals surface area contributed by atoms with Crippen molar-refractivity contribution in [3.63, 3.8) is 0 Å². The average Bonchev–Trinajstić information content (AvgIpc) is 3.22. The zero-order valence-corrected chi connectivity index (χ0v) is 15.2. The summed E-state index contributed by atoms with van der Waals surface area (Å²) in [5, 5.41) is 0. The summed E-state index contributed by atoms with van der Waals surface area (Å²) < 4.78 is 11.5. The van der Waals surface area contributed by atoms with Gasteiger partial charge in [-0.15, -0.1) is 0 Å². The molecule has 3 aromatic rings. The van der Waals surface area contributed by atoms with Gasteiger partial charge in [-0.05, 0) is 36.1 Å². The maximum Gasteiger partial charge on any atom is 0.118 e. The number of nitrogens with zero attached hydrogens (tertiary/aromatic N) is 1. The molecule has 1 unspecified atom stereocenters. The minimum absolute atomic E-state index is 0.106. The van der Waals surface area contributed by atoms with Gasteiger partial charge in [-0.2, -0.15) is 0 Å². The second-order valence-corrected chi connectivity index (χ2v) is 6.34. The molecule has 0 aliphatic carbocycles. The number of aromatic amines is 1. The molecule has 4 heteroatoms. The summed E-state index contributed by atoms with van der Waals surface area (Å²) in [7, 11) is 1.68. The first-order valence-corrected chi connectivity index (χ1v) is 9.13. The summed E-state index contributed by atoms with van der Waals surface area (Å²) in [6.07, 6.45) is 7.97. The molecule has 0 spiro atoms. The predicted molar refractivity (Wildman–Crippen MR) is 103 cm³/mol. The molecule has 136 valence electrons. The topological polar surface area (TPSA) is 47.1 Å². The van der Waals surface area contributed by atoms with Gasteiger partial charge < -0.3 is 14.5 Å². The smallest absolute Gasteiger partial charge is 0.118 e. The molecule has 1 heterocycles. The lowest BCUT2D eigenvalue weighted by molar-refractivity contribution is 0.0322. The molecule has 0 bridgehead atoms. The second-order valence-electron chi connectivity index (χ2n) is 6.34. The van der Waals surface area contributed by atoms with Crippen LogP contribution in [0.3, 0.4) is 0 Å². The third kappa shape index (κ3) is 5.46. The van der Waals surface area contributed by atoms with Gasteiger partial charge in [0.1, 0.15) is 11.6 Å². The highest BCUT2D eigenvalue weighted by atomic mass is 16.5. The standard InChI is InChI=1S/C22H26N2O2/c1-25-20-13-11-18(12-14-20)17-26-21(19-7-3-2-4-8-19)9-5-6-10-22-23-15-16-24-22/h2-4,7-8,11-16,21H,5-6,9-10,17H2,1H3,(H,23,24). The average molecular weight is 350 g/mol. The van der Waals surface area contributed by atoms with Gasteiger partial charge in [-0.3, -0.25) is 0 Å². The molecule has 0 fully saturated rings. The zero-order chi connectivity index (χ0) is 18.0. The van der Waals surface area contributed by atoms with Gasteiger partial charge in [0, 0.05) is 18.8 Å². The fraction of sp³-hybridized carbons (Fsp3) is 0.318. The highest BCUT2D eigenvalue weighted by molar-refractivity contribution is 5.26. The van der Waals surface area contributed by atoms with E-state index >= 15 is 0 Å². The number of methoxy groups -OCH3 is 1. The number of hydrogen-bond acceptors (Lipinski definition) is 3. The molecular formula is C22H26N2O2. The van der Waals surface area contributed by atoms with Crippen molar-refractivity contribution in [1.82, 2.24) is 9.97 Å². The van der Waals surface area contributed by atoms with Crippen molar-refractivity contribution in [3.8, 4) is 5.75 Å². The Morgan fingerprint density at radius 3 is 2.50 bits per heavy atom. The van der Waals surface area contributed by atoms with Crippen LogP contribution < -0.4 is 4.74 Å². The summed E-state index contributed by atoms with van der Waals surface area (Å²) in [5.74, 6) is 1.92. The third-order valence-electron chi connectivity index (χ3n) is 4.47. The highest BCUT2D eigenvalue weighted by Gasteiger charge is 2.12. The van der Waals surface area contributed by atoms with E-state index in [1.54, 1.807) is 13.3 Å². The molecule has 0 aliphatic heterocycles. The number of benzene rings is 2. The third-order valence-corrected chi connectivity index (χ3v) is 4.47. The number of H-pyrrole nitrogens is 1. The Morgan fingerprint density at radius 2 is 1.81 bits per heavy atom. The van der Waals surface area contributed by atoms with E-state index in [0.717, 1.165) is 42.8 Å². The van der Waals surface area contributed by atoms with E-state index in [9.17, 15) is 0 Å². The number of rotatable bonds is 10. The molecule has 0 radical (unpaired) electrons. The SMILES string of the molecule is COc1ccc(COC(CCCCc2ncc[nH]2)c2ccccc2)cc1. The summed E-state index contributed by atoms with van der Waals surface area (Å²) >= 11 is 0. The number of aromatic nitrogens is 2. The Bertz CT molecular complexity index is 740. The molecule has 2 aromatic carbocycles. The largest absolute Gasteiger partial charge is 0.497 e. The predicted octanol–water partition coefficient (Wildman–Crippen LogP) is 5.09. The number of unbranched alkanes of at least 4 members (excludes halogenated alkanes) is 1. The summed E-state index contributed by atoms with van der Waals surface area (Å²) in [6, 6.07) is 18.5. The number of ether oxygens (including phenoxy) is 2. The molecule has 0 amide bonds. The Kier molecular flexibility index (Phi) is 6.85. The Balaban J connectivity index is 1.54. The van der Waals surface area contributed by atoms with Gasteiger partial charge in [-0.25, -0.2) is 4.98 Å². The van der Waals surface area contributed by atoms with Crippen molar-refractivity contribution >= 4 is 0 Å². The quantitative estimate of drug-likeness (QED) is 0.518. The lowest BCUT2D eigenvalue weighted by Crippen LogP contribution is -2.05. The van der Waals surface area contributed by atoms with Gasteiger partial charge in [0.15, 0.2) is 0 Å². The van der Waals surface area contributed by atoms with Crippen LogP contribution in [0.25, 0.3) is 0 Å². The van der Waals surface area contributed by atoms with Crippen LogP contribution in [0, 0.1) is 0 Å². The highest BCUT2D eigenvalue weighted by Crippen LogP contribution is 2.25. The normalized spacial score (nSPS) is 12.0. The van der Waals surface area contributed by atoms with E-state index in [2.05, 4.69) is 46.4 Å². The maximum absolute atomic E-state index is 6.26. The fourth-order valence-corrected chi connectivity index (χ4v) is 2.99. The Morgan fingerprint density at radius 1 is 1.00 bits per heavy atom. The van der Waals surface area contributed by atoms with Crippen molar-refractivity contribution in [2.75, 3.05) is 7.11 Å². The first kappa shape index (κ1) is 18.2. The Hall–Kier alpha value is -2.59.